The van der Waals surface area contributed by atoms with Crippen LogP contribution in [0.5, 0.6) is 0 Å². The monoisotopic (exact) mass is 433 g/mol. The Balaban J connectivity index is 0.00000300. The van der Waals surface area contributed by atoms with Crippen LogP contribution in [0.2, 0.25) is 0 Å². The first kappa shape index (κ1) is 23.3. The molecule has 0 spiro atoms. The Morgan fingerprint density at radius 3 is 2.41 bits per heavy atom. The van der Waals surface area contributed by atoms with Crippen LogP contribution in [0.3, 0.4) is 0 Å². The molecule has 7 heteroatoms. The molecule has 2 amide bonds. The Morgan fingerprint density at radius 1 is 1.14 bits per heavy atom. The number of hydrogen-bond donors (Lipinski definition) is 2. The maximum Gasteiger partial charge on any atom is 0.249 e. The number of halogens is 1. The Bertz CT molecular complexity index is 770. The first-order valence-corrected chi connectivity index (χ1v) is 10.8. The number of carbonyl (C=O) groups excluding carboxylic acids is 2. The number of likely N-dealkylation sites (N-methyl/N-ethyl adjacent to an activating group) is 1. The van der Waals surface area contributed by atoms with Crippen molar-refractivity contribution in [2.24, 2.45) is 0 Å². The molecule has 1 aliphatic rings. The lowest BCUT2D eigenvalue weighted by molar-refractivity contribution is -0.127. The summed E-state index contributed by atoms with van der Waals surface area (Å²) in [6.07, 6.45) is 0.857. The van der Waals surface area contributed by atoms with Crippen molar-refractivity contribution in [1.29, 1.82) is 0 Å². The van der Waals surface area contributed by atoms with E-state index in [1.165, 1.54) is 0 Å². The van der Waals surface area contributed by atoms with E-state index in [-0.39, 0.29) is 30.3 Å². The maximum atomic E-state index is 13.2. The van der Waals surface area contributed by atoms with Crippen LogP contribution in [0.25, 0.3) is 0 Å². The van der Waals surface area contributed by atoms with Crippen molar-refractivity contribution in [2.45, 2.75) is 24.9 Å². The largest absolute Gasteiger partial charge is 0.344 e. The molecule has 1 aliphatic heterocycles. The minimum absolute atomic E-state index is 0. The summed E-state index contributed by atoms with van der Waals surface area (Å²) in [6.45, 7) is 0.922. The number of rotatable bonds is 7. The predicted molar refractivity (Wildman–Crippen MR) is 123 cm³/mol. The molecule has 0 bridgehead atoms. The lowest BCUT2D eigenvalue weighted by atomic mass is 10.0. The number of thioether (sulfide) groups is 1. The van der Waals surface area contributed by atoms with E-state index in [1.807, 2.05) is 72.4 Å². The van der Waals surface area contributed by atoms with Gasteiger partial charge in [0.25, 0.3) is 0 Å². The molecule has 0 aliphatic carbocycles. The van der Waals surface area contributed by atoms with Crippen molar-refractivity contribution in [1.82, 2.24) is 10.6 Å². The SMILES string of the molecule is CN(C(=O)[C@H](Cc1ccccc1)NC(=O)CC1CSCCN1)c1ccccc1.Cl. The van der Waals surface area contributed by atoms with Crippen LogP contribution in [-0.4, -0.2) is 49.0 Å². The zero-order valence-corrected chi connectivity index (χ0v) is 18.2. The third kappa shape index (κ3) is 7.07. The van der Waals surface area contributed by atoms with E-state index in [2.05, 4.69) is 10.6 Å². The van der Waals surface area contributed by atoms with Crippen molar-refractivity contribution in [2.75, 3.05) is 30.0 Å². The quantitative estimate of drug-likeness (QED) is 0.704. The number of nitrogens with zero attached hydrogens (tertiary/aromatic N) is 1. The molecule has 2 atom stereocenters. The molecule has 0 saturated carbocycles. The molecule has 156 valence electrons. The second-order valence-electron chi connectivity index (χ2n) is 6.97. The Kier molecular flexibility index (Phi) is 9.51. The van der Waals surface area contributed by atoms with E-state index in [0.29, 0.717) is 12.8 Å². The number of anilines is 1. The van der Waals surface area contributed by atoms with Crippen LogP contribution in [0.4, 0.5) is 5.69 Å². The molecule has 1 heterocycles. The lowest BCUT2D eigenvalue weighted by Crippen LogP contribution is -2.50. The first-order chi connectivity index (χ1) is 13.6. The number of nitrogens with one attached hydrogen (secondary N) is 2. The Labute approximate surface area is 183 Å². The topological polar surface area (TPSA) is 61.4 Å². The van der Waals surface area contributed by atoms with Crippen molar-refractivity contribution in [3.8, 4) is 0 Å². The van der Waals surface area contributed by atoms with Crippen LogP contribution in [0.15, 0.2) is 60.7 Å². The van der Waals surface area contributed by atoms with Gasteiger partial charge in [-0.3, -0.25) is 9.59 Å². The fourth-order valence-electron chi connectivity index (χ4n) is 3.29. The molecule has 2 aromatic rings. The lowest BCUT2D eigenvalue weighted by Gasteiger charge is -2.27. The zero-order valence-electron chi connectivity index (χ0n) is 16.5. The van der Waals surface area contributed by atoms with Gasteiger partial charge < -0.3 is 15.5 Å². The van der Waals surface area contributed by atoms with Gasteiger partial charge in [-0.1, -0.05) is 48.5 Å². The summed E-state index contributed by atoms with van der Waals surface area (Å²) < 4.78 is 0. The van der Waals surface area contributed by atoms with E-state index < -0.39 is 6.04 Å². The van der Waals surface area contributed by atoms with Gasteiger partial charge in [0.2, 0.25) is 11.8 Å². The molecule has 5 nitrogen and oxygen atoms in total. The van der Waals surface area contributed by atoms with Gasteiger partial charge in [-0.05, 0) is 17.7 Å². The highest BCUT2D eigenvalue weighted by molar-refractivity contribution is 7.99. The van der Waals surface area contributed by atoms with Gasteiger partial charge >= 0.3 is 0 Å². The highest BCUT2D eigenvalue weighted by atomic mass is 35.5. The van der Waals surface area contributed by atoms with Crippen LogP contribution >= 0.6 is 24.2 Å². The molecule has 1 fully saturated rings. The van der Waals surface area contributed by atoms with Gasteiger partial charge in [0.15, 0.2) is 0 Å². The summed E-state index contributed by atoms with van der Waals surface area (Å²) in [6, 6.07) is 18.9. The number of hydrogen-bond acceptors (Lipinski definition) is 4. The number of benzene rings is 2. The van der Waals surface area contributed by atoms with Gasteiger partial charge in [-0.2, -0.15) is 11.8 Å². The Morgan fingerprint density at radius 2 is 1.79 bits per heavy atom. The molecular weight excluding hydrogens is 406 g/mol. The van der Waals surface area contributed by atoms with Crippen molar-refractivity contribution in [3.05, 3.63) is 66.2 Å². The average Bonchev–Trinajstić information content (AvgIpc) is 2.74. The average molecular weight is 434 g/mol. The molecule has 0 radical (unpaired) electrons. The van der Waals surface area contributed by atoms with E-state index in [4.69, 9.17) is 0 Å². The van der Waals surface area contributed by atoms with Gasteiger partial charge in [-0.15, -0.1) is 12.4 Å². The normalized spacial score (nSPS) is 16.9. The summed E-state index contributed by atoms with van der Waals surface area (Å²) in [5, 5.41) is 6.36. The smallest absolute Gasteiger partial charge is 0.249 e. The predicted octanol–water partition coefficient (Wildman–Crippen LogP) is 2.89. The highest BCUT2D eigenvalue weighted by Crippen LogP contribution is 2.15. The van der Waals surface area contributed by atoms with Crippen LogP contribution in [-0.2, 0) is 16.0 Å². The van der Waals surface area contributed by atoms with Crippen molar-refractivity contribution < 1.29 is 9.59 Å². The molecule has 29 heavy (non-hydrogen) atoms. The summed E-state index contributed by atoms with van der Waals surface area (Å²) in [5.74, 6) is 1.80. The maximum absolute atomic E-state index is 13.2. The molecule has 1 unspecified atom stereocenters. The summed E-state index contributed by atoms with van der Waals surface area (Å²) >= 11 is 1.86. The van der Waals surface area contributed by atoms with Gasteiger partial charge in [0, 0.05) is 49.7 Å². The van der Waals surface area contributed by atoms with E-state index in [1.54, 1.807) is 11.9 Å². The first-order valence-electron chi connectivity index (χ1n) is 9.60. The van der Waals surface area contributed by atoms with Gasteiger partial charge in [0.1, 0.15) is 6.04 Å². The zero-order chi connectivity index (χ0) is 19.8. The van der Waals surface area contributed by atoms with Crippen molar-refractivity contribution >= 4 is 41.7 Å². The molecular formula is C22H28ClN3O2S. The number of amides is 2. The van der Waals surface area contributed by atoms with Crippen LogP contribution in [0, 0.1) is 0 Å². The summed E-state index contributed by atoms with van der Waals surface area (Å²) in [5.41, 5.74) is 1.83. The van der Waals surface area contributed by atoms with E-state index >= 15 is 0 Å². The standard InChI is InChI=1S/C22H27N3O2S.ClH/c1-25(19-10-6-3-7-11-19)22(27)20(14-17-8-4-2-5-9-17)24-21(26)15-18-16-28-13-12-23-18;/h2-11,18,20,23H,12-16H2,1H3,(H,24,26);1H/t18?,20-;/m0./s1. The molecule has 2 N–H and O–H groups in total. The second kappa shape index (κ2) is 11.9. The third-order valence-electron chi connectivity index (χ3n) is 4.82. The minimum Gasteiger partial charge on any atom is -0.344 e. The number of carbonyl (C=O) groups is 2. The van der Waals surface area contributed by atoms with Gasteiger partial charge in [0.05, 0.1) is 0 Å². The summed E-state index contributed by atoms with van der Waals surface area (Å²) in [4.78, 5) is 27.4. The second-order valence-corrected chi connectivity index (χ2v) is 8.12. The number of para-hydroxylation sites is 1. The fourth-order valence-corrected chi connectivity index (χ4v) is 4.24. The van der Waals surface area contributed by atoms with E-state index in [9.17, 15) is 9.59 Å². The minimum atomic E-state index is -0.601. The van der Waals surface area contributed by atoms with Crippen molar-refractivity contribution in [3.63, 3.8) is 0 Å². The molecule has 3 rings (SSSR count). The van der Waals surface area contributed by atoms with Gasteiger partial charge in [-0.25, -0.2) is 0 Å². The molecule has 0 aromatic heterocycles. The summed E-state index contributed by atoms with van der Waals surface area (Å²) in [7, 11) is 1.75. The fraction of sp³-hybridized carbons (Fsp3) is 0.364. The van der Waals surface area contributed by atoms with Crippen LogP contribution in [0.1, 0.15) is 12.0 Å². The van der Waals surface area contributed by atoms with Crippen LogP contribution < -0.4 is 15.5 Å². The highest BCUT2D eigenvalue weighted by Gasteiger charge is 2.26. The van der Waals surface area contributed by atoms with E-state index in [0.717, 1.165) is 29.3 Å². The molecule has 2 aromatic carbocycles. The molecule has 1 saturated heterocycles. The Hall–Kier alpha value is -2.02. The third-order valence-corrected chi connectivity index (χ3v) is 5.95.